The van der Waals surface area contributed by atoms with Crippen molar-refractivity contribution in [3.8, 4) is 11.4 Å². The summed E-state index contributed by atoms with van der Waals surface area (Å²) in [5.41, 5.74) is 2.55. The molecule has 1 heterocycles. The molecule has 2 amide bonds. The zero-order chi connectivity index (χ0) is 23.8. The summed E-state index contributed by atoms with van der Waals surface area (Å²) in [6, 6.07) is 17.4. The van der Waals surface area contributed by atoms with Crippen molar-refractivity contribution in [2.75, 3.05) is 11.1 Å². The van der Waals surface area contributed by atoms with Crippen molar-refractivity contribution >= 4 is 35.3 Å². The molecule has 0 spiro atoms. The normalized spacial score (nSPS) is 14.3. The van der Waals surface area contributed by atoms with Crippen molar-refractivity contribution in [1.29, 1.82) is 0 Å². The fraction of sp³-hybridized carbons (Fsp3) is 0.308. The number of amides is 2. The van der Waals surface area contributed by atoms with Crippen LogP contribution >= 0.6 is 11.8 Å². The van der Waals surface area contributed by atoms with E-state index in [9.17, 15) is 9.59 Å². The van der Waals surface area contributed by atoms with Gasteiger partial charge in [0.15, 0.2) is 11.0 Å². The van der Waals surface area contributed by atoms with Gasteiger partial charge in [-0.05, 0) is 48.7 Å². The summed E-state index contributed by atoms with van der Waals surface area (Å²) in [7, 11) is 1.89. The third-order valence-electron chi connectivity index (χ3n) is 5.77. The van der Waals surface area contributed by atoms with Gasteiger partial charge in [-0.2, -0.15) is 0 Å². The second-order valence-corrected chi connectivity index (χ2v) is 9.31. The van der Waals surface area contributed by atoms with Crippen LogP contribution in [0.5, 0.6) is 0 Å². The number of nitrogens with one attached hydrogen (secondary N) is 2. The second kappa shape index (κ2) is 11.7. The van der Waals surface area contributed by atoms with E-state index in [1.165, 1.54) is 37.1 Å². The molecular weight excluding hydrogens is 446 g/mol. The van der Waals surface area contributed by atoms with E-state index in [1.54, 1.807) is 6.08 Å². The molecule has 1 aliphatic carbocycles. The van der Waals surface area contributed by atoms with Gasteiger partial charge in [-0.15, -0.1) is 10.2 Å². The van der Waals surface area contributed by atoms with Gasteiger partial charge in [0.1, 0.15) is 0 Å². The predicted octanol–water partition coefficient (Wildman–Crippen LogP) is 4.68. The summed E-state index contributed by atoms with van der Waals surface area (Å²) in [5, 5.41) is 15.2. The third-order valence-corrected chi connectivity index (χ3v) is 6.80. The Morgan fingerprint density at radius 2 is 1.76 bits per heavy atom. The first kappa shape index (κ1) is 23.8. The van der Waals surface area contributed by atoms with Crippen molar-refractivity contribution in [2.24, 2.45) is 7.05 Å². The van der Waals surface area contributed by atoms with Crippen LogP contribution < -0.4 is 10.6 Å². The molecule has 0 aliphatic heterocycles. The standard InChI is InChI=1S/C26H29N5O2S/c1-31-25(29-30-26(31)34-18-24(33)28-21-10-6-3-7-11-21)20-13-15-22(16-14-20)27-23(32)17-12-19-8-4-2-5-9-19/h2,4-5,8-9,12-17,21H,3,6-7,10-11,18H2,1H3,(H,27,32)(H,28,33). The molecule has 176 valence electrons. The smallest absolute Gasteiger partial charge is 0.248 e. The summed E-state index contributed by atoms with van der Waals surface area (Å²) < 4.78 is 1.88. The summed E-state index contributed by atoms with van der Waals surface area (Å²) in [4.78, 5) is 24.5. The molecule has 0 unspecified atom stereocenters. The summed E-state index contributed by atoms with van der Waals surface area (Å²) in [6.07, 6.45) is 9.09. The highest BCUT2D eigenvalue weighted by atomic mass is 32.2. The van der Waals surface area contributed by atoms with E-state index in [-0.39, 0.29) is 11.8 Å². The highest BCUT2D eigenvalue weighted by Crippen LogP contribution is 2.24. The summed E-state index contributed by atoms with van der Waals surface area (Å²) in [6.45, 7) is 0. The van der Waals surface area contributed by atoms with E-state index in [0.717, 1.165) is 24.0 Å². The molecule has 1 aromatic heterocycles. The van der Waals surface area contributed by atoms with Gasteiger partial charge < -0.3 is 15.2 Å². The third kappa shape index (κ3) is 6.57. The maximum atomic E-state index is 12.3. The fourth-order valence-corrected chi connectivity index (χ4v) is 4.68. The lowest BCUT2D eigenvalue weighted by molar-refractivity contribution is -0.119. The van der Waals surface area contributed by atoms with E-state index >= 15 is 0 Å². The molecule has 2 N–H and O–H groups in total. The van der Waals surface area contributed by atoms with Crippen LogP contribution in [0, 0.1) is 0 Å². The highest BCUT2D eigenvalue weighted by molar-refractivity contribution is 7.99. The lowest BCUT2D eigenvalue weighted by Crippen LogP contribution is -2.37. The van der Waals surface area contributed by atoms with E-state index in [4.69, 9.17) is 0 Å². The molecule has 0 bridgehead atoms. The van der Waals surface area contributed by atoms with Crippen LogP contribution in [0.15, 0.2) is 65.8 Å². The molecule has 0 saturated heterocycles. The van der Waals surface area contributed by atoms with Crippen LogP contribution in [0.3, 0.4) is 0 Å². The first-order chi connectivity index (χ1) is 16.6. The van der Waals surface area contributed by atoms with Crippen LogP contribution in [0.4, 0.5) is 5.69 Å². The van der Waals surface area contributed by atoms with Crippen LogP contribution in [-0.4, -0.2) is 38.4 Å². The summed E-state index contributed by atoms with van der Waals surface area (Å²) >= 11 is 1.39. The van der Waals surface area contributed by atoms with Gasteiger partial charge >= 0.3 is 0 Å². The Morgan fingerprint density at radius 1 is 1.03 bits per heavy atom. The van der Waals surface area contributed by atoms with E-state index in [2.05, 4.69) is 20.8 Å². The molecule has 0 atom stereocenters. The number of carbonyl (C=O) groups excluding carboxylic acids is 2. The maximum Gasteiger partial charge on any atom is 0.248 e. The monoisotopic (exact) mass is 475 g/mol. The Kier molecular flexibility index (Phi) is 8.14. The fourth-order valence-electron chi connectivity index (χ4n) is 3.96. The molecule has 0 radical (unpaired) electrons. The molecule has 8 heteroatoms. The number of aromatic nitrogens is 3. The quantitative estimate of drug-likeness (QED) is 0.365. The van der Waals surface area contributed by atoms with Crippen LogP contribution in [-0.2, 0) is 16.6 Å². The molecule has 1 saturated carbocycles. The second-order valence-electron chi connectivity index (χ2n) is 8.37. The molecule has 2 aromatic carbocycles. The van der Waals surface area contributed by atoms with Crippen molar-refractivity contribution in [3.05, 3.63) is 66.2 Å². The molecular formula is C26H29N5O2S. The highest BCUT2D eigenvalue weighted by Gasteiger charge is 2.17. The lowest BCUT2D eigenvalue weighted by Gasteiger charge is -2.22. The van der Waals surface area contributed by atoms with Crippen LogP contribution in [0.1, 0.15) is 37.7 Å². The van der Waals surface area contributed by atoms with Gasteiger partial charge in [0.05, 0.1) is 5.75 Å². The number of nitrogens with zero attached hydrogens (tertiary/aromatic N) is 3. The largest absolute Gasteiger partial charge is 0.353 e. The molecule has 3 aromatic rings. The minimum Gasteiger partial charge on any atom is -0.353 e. The molecule has 1 aliphatic rings. The maximum absolute atomic E-state index is 12.3. The first-order valence-corrected chi connectivity index (χ1v) is 12.5. The van der Waals surface area contributed by atoms with Gasteiger partial charge in [0.25, 0.3) is 0 Å². The molecule has 1 fully saturated rings. The minimum absolute atomic E-state index is 0.0443. The zero-order valence-corrected chi connectivity index (χ0v) is 20.1. The lowest BCUT2D eigenvalue weighted by atomic mass is 9.95. The average molecular weight is 476 g/mol. The van der Waals surface area contributed by atoms with Gasteiger partial charge in [-0.1, -0.05) is 61.4 Å². The Labute approximate surface area is 204 Å². The number of hydrogen-bond donors (Lipinski definition) is 2. The van der Waals surface area contributed by atoms with Gasteiger partial charge in [0.2, 0.25) is 11.8 Å². The Morgan fingerprint density at radius 3 is 2.50 bits per heavy atom. The topological polar surface area (TPSA) is 88.9 Å². The summed E-state index contributed by atoms with van der Waals surface area (Å²) in [5.74, 6) is 0.879. The molecule has 7 nitrogen and oxygen atoms in total. The minimum atomic E-state index is -0.194. The SMILES string of the molecule is Cn1c(SCC(=O)NC2CCCCC2)nnc1-c1ccc(NC(=O)C=Cc2ccccc2)cc1. The number of rotatable bonds is 8. The number of anilines is 1. The van der Waals surface area contributed by atoms with Crippen molar-refractivity contribution in [1.82, 2.24) is 20.1 Å². The molecule has 4 rings (SSSR count). The number of hydrogen-bond acceptors (Lipinski definition) is 5. The first-order valence-electron chi connectivity index (χ1n) is 11.5. The van der Waals surface area contributed by atoms with Crippen molar-refractivity contribution in [3.63, 3.8) is 0 Å². The van der Waals surface area contributed by atoms with Gasteiger partial charge in [-0.25, -0.2) is 0 Å². The number of thioether (sulfide) groups is 1. The van der Waals surface area contributed by atoms with Crippen molar-refractivity contribution < 1.29 is 9.59 Å². The Hall–Kier alpha value is -3.39. The average Bonchev–Trinajstić information content (AvgIpc) is 3.23. The van der Waals surface area contributed by atoms with Gasteiger partial charge in [-0.3, -0.25) is 9.59 Å². The van der Waals surface area contributed by atoms with Gasteiger partial charge in [0, 0.05) is 30.4 Å². The van der Waals surface area contributed by atoms with E-state index in [1.807, 2.05) is 66.2 Å². The van der Waals surface area contributed by atoms with Crippen molar-refractivity contribution in [2.45, 2.75) is 43.3 Å². The van der Waals surface area contributed by atoms with Crippen LogP contribution in [0.25, 0.3) is 17.5 Å². The number of carbonyl (C=O) groups is 2. The molecule has 34 heavy (non-hydrogen) atoms. The van der Waals surface area contributed by atoms with E-state index in [0.29, 0.717) is 28.5 Å². The van der Waals surface area contributed by atoms with Crippen LogP contribution in [0.2, 0.25) is 0 Å². The Bertz CT molecular complexity index is 1140. The predicted molar refractivity (Wildman–Crippen MR) is 136 cm³/mol. The number of benzene rings is 2. The van der Waals surface area contributed by atoms with E-state index < -0.39 is 0 Å². The Balaban J connectivity index is 1.30. The zero-order valence-electron chi connectivity index (χ0n) is 19.2.